The Hall–Kier alpha value is -4.58. The van der Waals surface area contributed by atoms with Crippen molar-refractivity contribution in [3.63, 3.8) is 0 Å². The SMILES string of the molecule is CCCNC(=O)Oc1ccc(C(c2ccccc2)(c2ccccc2)c2ccc(OC(=O)NCCC)cc2)cc1. The van der Waals surface area contributed by atoms with Crippen LogP contribution in [0.15, 0.2) is 109 Å². The average molecular weight is 523 g/mol. The summed E-state index contributed by atoms with van der Waals surface area (Å²) in [6, 6.07) is 35.8. The van der Waals surface area contributed by atoms with E-state index in [0.29, 0.717) is 24.6 Å². The van der Waals surface area contributed by atoms with E-state index in [4.69, 9.17) is 9.47 Å². The highest BCUT2D eigenvalue weighted by Gasteiger charge is 2.38. The lowest BCUT2D eigenvalue weighted by Crippen LogP contribution is -2.31. The normalized spacial score (nSPS) is 10.9. The Morgan fingerprint density at radius 1 is 0.538 bits per heavy atom. The van der Waals surface area contributed by atoms with Crippen LogP contribution in [0, 0.1) is 0 Å². The molecular weight excluding hydrogens is 488 g/mol. The van der Waals surface area contributed by atoms with Gasteiger partial charge in [0, 0.05) is 13.1 Å². The van der Waals surface area contributed by atoms with Crippen LogP contribution < -0.4 is 20.1 Å². The van der Waals surface area contributed by atoms with Crippen LogP contribution in [0.1, 0.15) is 48.9 Å². The largest absolute Gasteiger partial charge is 0.412 e. The zero-order valence-corrected chi connectivity index (χ0v) is 22.4. The van der Waals surface area contributed by atoms with Gasteiger partial charge in [0.1, 0.15) is 11.5 Å². The van der Waals surface area contributed by atoms with Crippen molar-refractivity contribution in [1.29, 1.82) is 0 Å². The smallest absolute Gasteiger partial charge is 0.410 e. The minimum absolute atomic E-state index is 0.462. The first-order valence-corrected chi connectivity index (χ1v) is 13.3. The van der Waals surface area contributed by atoms with Crippen molar-refractivity contribution in [2.75, 3.05) is 13.1 Å². The lowest BCUT2D eigenvalue weighted by molar-refractivity contribution is 0.199. The molecule has 0 heterocycles. The molecule has 0 saturated heterocycles. The third-order valence-electron chi connectivity index (χ3n) is 6.45. The molecule has 0 spiro atoms. The topological polar surface area (TPSA) is 76.7 Å². The molecule has 4 aromatic carbocycles. The molecule has 0 unspecified atom stereocenters. The van der Waals surface area contributed by atoms with Gasteiger partial charge in [0.05, 0.1) is 5.41 Å². The Morgan fingerprint density at radius 3 is 1.21 bits per heavy atom. The number of rotatable bonds is 10. The van der Waals surface area contributed by atoms with E-state index in [2.05, 4.69) is 34.9 Å². The summed E-state index contributed by atoms with van der Waals surface area (Å²) in [5.41, 5.74) is 3.44. The molecule has 2 N–H and O–H groups in total. The van der Waals surface area contributed by atoms with Crippen molar-refractivity contribution in [1.82, 2.24) is 10.6 Å². The third kappa shape index (κ3) is 6.47. The summed E-state index contributed by atoms with van der Waals surface area (Å²) in [4.78, 5) is 24.2. The van der Waals surface area contributed by atoms with E-state index in [9.17, 15) is 9.59 Å². The van der Waals surface area contributed by atoms with Crippen molar-refractivity contribution in [3.05, 3.63) is 131 Å². The predicted molar refractivity (Wildman–Crippen MR) is 153 cm³/mol. The van der Waals surface area contributed by atoms with Gasteiger partial charge < -0.3 is 20.1 Å². The predicted octanol–water partition coefficient (Wildman–Crippen LogP) is 7.07. The Balaban J connectivity index is 1.79. The number of benzene rings is 4. The van der Waals surface area contributed by atoms with Gasteiger partial charge in [-0.1, -0.05) is 98.8 Å². The van der Waals surface area contributed by atoms with Gasteiger partial charge in [-0.05, 0) is 59.4 Å². The highest BCUT2D eigenvalue weighted by atomic mass is 16.6. The number of ether oxygens (including phenoxy) is 2. The van der Waals surface area contributed by atoms with Crippen LogP contribution in [0.4, 0.5) is 9.59 Å². The summed E-state index contributed by atoms with van der Waals surface area (Å²) in [7, 11) is 0. The summed E-state index contributed by atoms with van der Waals surface area (Å²) >= 11 is 0. The first-order chi connectivity index (χ1) is 19.1. The van der Waals surface area contributed by atoms with E-state index in [-0.39, 0.29) is 0 Å². The molecule has 0 radical (unpaired) electrons. The minimum Gasteiger partial charge on any atom is -0.410 e. The van der Waals surface area contributed by atoms with Crippen molar-refractivity contribution in [3.8, 4) is 11.5 Å². The van der Waals surface area contributed by atoms with Crippen molar-refractivity contribution >= 4 is 12.2 Å². The van der Waals surface area contributed by atoms with E-state index >= 15 is 0 Å². The molecule has 6 nitrogen and oxygen atoms in total. The van der Waals surface area contributed by atoms with E-state index in [0.717, 1.165) is 35.1 Å². The van der Waals surface area contributed by atoms with Gasteiger partial charge in [0.15, 0.2) is 0 Å². The number of nitrogens with one attached hydrogen (secondary N) is 2. The average Bonchev–Trinajstić information content (AvgIpc) is 2.98. The van der Waals surface area contributed by atoms with Crippen molar-refractivity contribution in [2.24, 2.45) is 0 Å². The molecule has 4 aromatic rings. The molecule has 200 valence electrons. The summed E-state index contributed by atoms with van der Waals surface area (Å²) in [6.45, 7) is 5.09. The quantitative estimate of drug-likeness (QED) is 0.219. The van der Waals surface area contributed by atoms with Crippen LogP contribution in [-0.4, -0.2) is 25.3 Å². The Labute approximate surface area is 230 Å². The maximum absolute atomic E-state index is 12.1. The minimum atomic E-state index is -0.686. The number of hydrogen-bond acceptors (Lipinski definition) is 4. The van der Waals surface area contributed by atoms with Gasteiger partial charge in [-0.15, -0.1) is 0 Å². The second-order valence-electron chi connectivity index (χ2n) is 9.16. The molecule has 0 aromatic heterocycles. The third-order valence-corrected chi connectivity index (χ3v) is 6.45. The van der Waals surface area contributed by atoms with Crippen LogP contribution in [0.2, 0.25) is 0 Å². The highest BCUT2D eigenvalue weighted by molar-refractivity contribution is 5.71. The number of carbonyl (C=O) groups excluding carboxylic acids is 2. The van der Waals surface area contributed by atoms with E-state index in [1.165, 1.54) is 0 Å². The molecule has 0 aliphatic heterocycles. The van der Waals surface area contributed by atoms with E-state index < -0.39 is 17.6 Å². The fourth-order valence-electron chi connectivity index (χ4n) is 4.66. The van der Waals surface area contributed by atoms with Gasteiger partial charge in [-0.25, -0.2) is 9.59 Å². The first-order valence-electron chi connectivity index (χ1n) is 13.3. The summed E-state index contributed by atoms with van der Waals surface area (Å²) < 4.78 is 11.0. The molecule has 0 fully saturated rings. The number of hydrogen-bond donors (Lipinski definition) is 2. The molecule has 6 heteroatoms. The summed E-state index contributed by atoms with van der Waals surface area (Å²) in [5.74, 6) is 0.924. The maximum atomic E-state index is 12.1. The van der Waals surface area contributed by atoms with Crippen molar-refractivity contribution in [2.45, 2.75) is 32.1 Å². The van der Waals surface area contributed by atoms with Gasteiger partial charge in [0.25, 0.3) is 0 Å². The van der Waals surface area contributed by atoms with Crippen LogP contribution in [0.3, 0.4) is 0 Å². The zero-order chi connectivity index (χ0) is 27.5. The lowest BCUT2D eigenvalue weighted by atomic mass is 9.65. The molecule has 0 aliphatic rings. The zero-order valence-electron chi connectivity index (χ0n) is 22.4. The molecule has 0 atom stereocenters. The molecule has 0 aliphatic carbocycles. The lowest BCUT2D eigenvalue weighted by Gasteiger charge is -2.37. The van der Waals surface area contributed by atoms with Gasteiger partial charge in [-0.3, -0.25) is 0 Å². The molecule has 39 heavy (non-hydrogen) atoms. The van der Waals surface area contributed by atoms with E-state index in [1.807, 2.05) is 98.8 Å². The standard InChI is InChI=1S/C33H34N2O4/c1-3-23-34-31(36)38-29-19-15-27(16-20-29)33(25-11-7-5-8-12-25,26-13-9-6-10-14-26)28-17-21-30(22-18-28)39-32(37)35-24-4-2/h5-22H,3-4,23-24H2,1-2H3,(H,34,36)(H,35,37). The molecular formula is C33H34N2O4. The van der Waals surface area contributed by atoms with Gasteiger partial charge in [-0.2, -0.15) is 0 Å². The van der Waals surface area contributed by atoms with Crippen LogP contribution in [0.5, 0.6) is 11.5 Å². The van der Waals surface area contributed by atoms with Crippen molar-refractivity contribution < 1.29 is 19.1 Å². The van der Waals surface area contributed by atoms with Crippen LogP contribution in [-0.2, 0) is 5.41 Å². The highest BCUT2D eigenvalue weighted by Crippen LogP contribution is 2.45. The monoisotopic (exact) mass is 522 g/mol. The number of carbonyl (C=O) groups is 2. The Morgan fingerprint density at radius 2 is 0.872 bits per heavy atom. The molecule has 0 bridgehead atoms. The van der Waals surface area contributed by atoms with Gasteiger partial charge in [0.2, 0.25) is 0 Å². The second-order valence-corrected chi connectivity index (χ2v) is 9.16. The van der Waals surface area contributed by atoms with Gasteiger partial charge >= 0.3 is 12.2 Å². The summed E-state index contributed by atoms with van der Waals surface area (Å²) in [6.07, 6.45) is 0.719. The molecule has 4 rings (SSSR count). The number of amides is 2. The van der Waals surface area contributed by atoms with Crippen LogP contribution in [0.25, 0.3) is 0 Å². The maximum Gasteiger partial charge on any atom is 0.412 e. The Bertz CT molecular complexity index is 1230. The molecule has 0 saturated carbocycles. The fourth-order valence-corrected chi connectivity index (χ4v) is 4.66. The van der Waals surface area contributed by atoms with E-state index in [1.54, 1.807) is 0 Å². The fraction of sp³-hybridized carbons (Fsp3) is 0.212. The van der Waals surface area contributed by atoms with Crippen LogP contribution >= 0.6 is 0 Å². The second kappa shape index (κ2) is 13.3. The summed E-state index contributed by atoms with van der Waals surface area (Å²) in [5, 5.41) is 5.46. The Kier molecular flexibility index (Phi) is 9.35. The first kappa shape index (κ1) is 27.5. The molecule has 2 amide bonds.